The number of aliphatic carboxylic acids is 1. The van der Waals surface area contributed by atoms with Crippen LogP contribution in [0.3, 0.4) is 0 Å². The summed E-state index contributed by atoms with van der Waals surface area (Å²) in [6.07, 6.45) is 2.10. The molecule has 1 aliphatic rings. The van der Waals surface area contributed by atoms with Crippen molar-refractivity contribution in [3.05, 3.63) is 0 Å². The van der Waals surface area contributed by atoms with Crippen LogP contribution in [0.15, 0.2) is 0 Å². The van der Waals surface area contributed by atoms with Gasteiger partial charge in [-0.2, -0.15) is 0 Å². The Morgan fingerprint density at radius 2 is 2.20 bits per heavy atom. The van der Waals surface area contributed by atoms with Crippen molar-refractivity contribution in [1.29, 1.82) is 0 Å². The molecule has 0 heterocycles. The van der Waals surface area contributed by atoms with Gasteiger partial charge in [-0.1, -0.05) is 0 Å². The molecule has 2 atom stereocenters. The highest BCUT2D eigenvalue weighted by molar-refractivity contribution is 7.91. The highest BCUT2D eigenvalue weighted by atomic mass is 32.2. The maximum atomic E-state index is 11.3. The highest BCUT2D eigenvalue weighted by Crippen LogP contribution is 2.41. The lowest BCUT2D eigenvalue weighted by atomic mass is 9.87. The zero-order valence-corrected chi connectivity index (χ0v) is 9.71. The van der Waals surface area contributed by atoms with Gasteiger partial charge in [-0.25, -0.2) is 8.42 Å². The zero-order valence-electron chi connectivity index (χ0n) is 8.89. The molecule has 5 nitrogen and oxygen atoms in total. The predicted molar refractivity (Wildman–Crippen MR) is 54.4 cm³/mol. The van der Waals surface area contributed by atoms with Crippen molar-refractivity contribution in [1.82, 2.24) is 0 Å². The van der Waals surface area contributed by atoms with Gasteiger partial charge in [0.05, 0.1) is 17.3 Å². The van der Waals surface area contributed by atoms with Gasteiger partial charge < -0.3 is 9.84 Å². The van der Waals surface area contributed by atoms with Crippen LogP contribution in [0.5, 0.6) is 0 Å². The van der Waals surface area contributed by atoms with Gasteiger partial charge >= 0.3 is 5.97 Å². The van der Waals surface area contributed by atoms with Gasteiger partial charge in [0.2, 0.25) is 0 Å². The molecule has 0 aliphatic heterocycles. The summed E-state index contributed by atoms with van der Waals surface area (Å²) in [6.45, 7) is 0.0777. The Hall–Kier alpha value is -0.620. The molecule has 0 aromatic heterocycles. The zero-order chi connectivity index (χ0) is 11.7. The van der Waals surface area contributed by atoms with Crippen LogP contribution < -0.4 is 0 Å². The minimum atomic E-state index is -3.14. The van der Waals surface area contributed by atoms with E-state index in [1.807, 2.05) is 0 Å². The lowest BCUT2D eigenvalue weighted by Gasteiger charge is -2.22. The van der Waals surface area contributed by atoms with Crippen molar-refractivity contribution in [3.63, 3.8) is 0 Å². The van der Waals surface area contributed by atoms with Crippen molar-refractivity contribution >= 4 is 15.8 Å². The molecule has 1 fully saturated rings. The second kappa shape index (κ2) is 4.09. The fourth-order valence-electron chi connectivity index (χ4n) is 2.11. The van der Waals surface area contributed by atoms with Gasteiger partial charge in [0.25, 0.3) is 0 Å². The van der Waals surface area contributed by atoms with Crippen LogP contribution in [0.25, 0.3) is 0 Å². The number of carboxylic acid groups (broad SMARTS) is 1. The van der Waals surface area contributed by atoms with Gasteiger partial charge in [-0.15, -0.1) is 0 Å². The summed E-state index contributed by atoms with van der Waals surface area (Å²) >= 11 is 0. The van der Waals surface area contributed by atoms with E-state index in [2.05, 4.69) is 0 Å². The normalized spacial score (nSPS) is 31.7. The van der Waals surface area contributed by atoms with Gasteiger partial charge in [0, 0.05) is 13.4 Å². The average Bonchev–Trinajstić information content (AvgIpc) is 2.49. The third-order valence-electron chi connectivity index (χ3n) is 3.04. The number of carbonyl (C=O) groups is 1. The quantitative estimate of drug-likeness (QED) is 0.759. The average molecular weight is 236 g/mol. The number of hydrogen-bond acceptors (Lipinski definition) is 4. The first-order chi connectivity index (χ1) is 6.82. The molecule has 0 radical (unpaired) electrons. The fourth-order valence-corrected chi connectivity index (χ4v) is 3.27. The van der Waals surface area contributed by atoms with E-state index in [9.17, 15) is 13.2 Å². The number of hydrogen-bond donors (Lipinski definition) is 1. The van der Waals surface area contributed by atoms with E-state index in [0.29, 0.717) is 12.8 Å². The number of carboxylic acids is 1. The molecule has 0 amide bonds. The Balaban J connectivity index is 2.86. The molecule has 0 saturated heterocycles. The predicted octanol–water partition coefficient (Wildman–Crippen LogP) is 0.301. The molecule has 1 rings (SSSR count). The minimum Gasteiger partial charge on any atom is -0.481 e. The Kier molecular flexibility index (Phi) is 3.40. The molecular weight excluding hydrogens is 220 g/mol. The first-order valence-electron chi connectivity index (χ1n) is 4.73. The Morgan fingerprint density at radius 1 is 1.60 bits per heavy atom. The van der Waals surface area contributed by atoms with Gasteiger partial charge in [-0.3, -0.25) is 4.79 Å². The molecule has 0 spiro atoms. The van der Waals surface area contributed by atoms with Crippen molar-refractivity contribution in [2.24, 2.45) is 5.41 Å². The van der Waals surface area contributed by atoms with Gasteiger partial charge in [-0.05, 0) is 19.3 Å². The molecule has 1 saturated carbocycles. The van der Waals surface area contributed by atoms with E-state index >= 15 is 0 Å². The Labute approximate surface area is 89.3 Å². The monoisotopic (exact) mass is 236 g/mol. The van der Waals surface area contributed by atoms with E-state index in [0.717, 1.165) is 6.26 Å². The molecule has 0 aromatic carbocycles. The van der Waals surface area contributed by atoms with E-state index in [4.69, 9.17) is 9.84 Å². The SMILES string of the molecule is COCC1(C(=O)O)CCC(S(C)(=O)=O)C1. The van der Waals surface area contributed by atoms with Crippen LogP contribution in [0.2, 0.25) is 0 Å². The summed E-state index contributed by atoms with van der Waals surface area (Å²) in [5.74, 6) is -0.962. The Bertz CT molecular complexity index is 348. The van der Waals surface area contributed by atoms with Crippen LogP contribution in [-0.2, 0) is 19.4 Å². The first-order valence-corrected chi connectivity index (χ1v) is 6.68. The lowest BCUT2D eigenvalue weighted by Crippen LogP contribution is -2.34. The largest absolute Gasteiger partial charge is 0.481 e. The highest BCUT2D eigenvalue weighted by Gasteiger charge is 2.48. The second-order valence-corrected chi connectivity index (χ2v) is 6.54. The van der Waals surface area contributed by atoms with Crippen molar-refractivity contribution in [2.45, 2.75) is 24.5 Å². The number of ether oxygens (including phenoxy) is 1. The maximum Gasteiger partial charge on any atom is 0.312 e. The van der Waals surface area contributed by atoms with E-state index in [-0.39, 0.29) is 13.0 Å². The molecular formula is C9H16O5S. The summed E-state index contributed by atoms with van der Waals surface area (Å²) in [4.78, 5) is 11.1. The van der Waals surface area contributed by atoms with Crippen LogP contribution in [0.1, 0.15) is 19.3 Å². The summed E-state index contributed by atoms with van der Waals surface area (Å²) in [5, 5.41) is 8.57. The summed E-state index contributed by atoms with van der Waals surface area (Å²) in [7, 11) is -1.72. The van der Waals surface area contributed by atoms with Crippen LogP contribution in [0, 0.1) is 5.41 Å². The van der Waals surface area contributed by atoms with Crippen molar-refractivity contribution in [2.75, 3.05) is 20.0 Å². The summed E-state index contributed by atoms with van der Waals surface area (Å²) in [6, 6.07) is 0. The summed E-state index contributed by atoms with van der Waals surface area (Å²) < 4.78 is 27.5. The topological polar surface area (TPSA) is 80.7 Å². The molecule has 1 aliphatic carbocycles. The molecule has 0 bridgehead atoms. The van der Waals surface area contributed by atoms with E-state index in [1.165, 1.54) is 7.11 Å². The second-order valence-electron chi connectivity index (χ2n) is 4.21. The van der Waals surface area contributed by atoms with Gasteiger partial charge in [0.1, 0.15) is 9.84 Å². The summed E-state index contributed by atoms with van der Waals surface area (Å²) in [5.41, 5.74) is -1.01. The molecule has 0 aromatic rings. The lowest BCUT2D eigenvalue weighted by molar-refractivity contribution is -0.151. The van der Waals surface area contributed by atoms with Crippen LogP contribution >= 0.6 is 0 Å². The molecule has 2 unspecified atom stereocenters. The van der Waals surface area contributed by atoms with Crippen LogP contribution in [0.4, 0.5) is 0 Å². The third-order valence-corrected chi connectivity index (χ3v) is 4.66. The van der Waals surface area contributed by atoms with E-state index < -0.39 is 26.5 Å². The number of methoxy groups -OCH3 is 1. The molecule has 1 N–H and O–H groups in total. The molecule has 6 heteroatoms. The minimum absolute atomic E-state index is 0.0777. The fraction of sp³-hybridized carbons (Fsp3) is 0.889. The van der Waals surface area contributed by atoms with Crippen LogP contribution in [-0.4, -0.2) is 44.7 Å². The Morgan fingerprint density at radius 3 is 2.53 bits per heavy atom. The molecule has 88 valence electrons. The van der Waals surface area contributed by atoms with E-state index in [1.54, 1.807) is 0 Å². The standard InChI is InChI=1S/C9H16O5S/c1-14-6-9(8(10)11)4-3-7(5-9)15(2,12)13/h7H,3-6H2,1-2H3,(H,10,11). The third kappa shape index (κ3) is 2.49. The number of sulfone groups is 1. The first kappa shape index (κ1) is 12.4. The maximum absolute atomic E-state index is 11.3. The molecule has 15 heavy (non-hydrogen) atoms. The van der Waals surface area contributed by atoms with Gasteiger partial charge in [0.15, 0.2) is 0 Å². The number of rotatable bonds is 4. The van der Waals surface area contributed by atoms with Crippen molar-refractivity contribution in [3.8, 4) is 0 Å². The smallest absolute Gasteiger partial charge is 0.312 e. The van der Waals surface area contributed by atoms with Crippen molar-refractivity contribution < 1.29 is 23.1 Å².